The number of nitrogens with zero attached hydrogens (tertiary/aromatic N) is 1. The molecule has 2 atom stereocenters. The second-order valence-corrected chi connectivity index (χ2v) is 5.13. The Morgan fingerprint density at radius 3 is 2.74 bits per heavy atom. The normalized spacial score (nSPS) is 24.1. The average Bonchev–Trinajstić information content (AvgIpc) is 2.26. The minimum absolute atomic E-state index is 0.0214. The summed E-state index contributed by atoms with van der Waals surface area (Å²) in [6.45, 7) is 6.01. The molecule has 1 heterocycles. The van der Waals surface area contributed by atoms with Crippen molar-refractivity contribution in [3.05, 3.63) is 24.3 Å². The first kappa shape index (κ1) is 13.8. The lowest BCUT2D eigenvalue weighted by molar-refractivity contribution is -0.121. The van der Waals surface area contributed by atoms with Crippen LogP contribution in [0.5, 0.6) is 0 Å². The number of hydrogen-bond donors (Lipinski definition) is 2. The SMILES string of the molecule is C[C@@H]1CN(CC(=O)Nc2cccc(N)c2)C[C@@H](C)O1. The standard InChI is InChI=1S/C14H21N3O2/c1-10-7-17(8-11(2)19-10)9-14(18)16-13-5-3-4-12(15)6-13/h3-6,10-11H,7-9,15H2,1-2H3,(H,16,18)/t10-,11-/m1/s1. The van der Waals surface area contributed by atoms with Crippen LogP contribution < -0.4 is 11.1 Å². The van der Waals surface area contributed by atoms with Crippen LogP contribution in [-0.2, 0) is 9.53 Å². The van der Waals surface area contributed by atoms with Crippen LogP contribution in [0.15, 0.2) is 24.3 Å². The molecule has 0 unspecified atom stereocenters. The summed E-state index contributed by atoms with van der Waals surface area (Å²) in [6, 6.07) is 7.20. The number of nitrogens with one attached hydrogen (secondary N) is 1. The molecule has 0 bridgehead atoms. The number of morpholine rings is 1. The summed E-state index contributed by atoms with van der Waals surface area (Å²) in [5.74, 6) is -0.0214. The van der Waals surface area contributed by atoms with Crippen LogP contribution in [0.1, 0.15) is 13.8 Å². The van der Waals surface area contributed by atoms with Gasteiger partial charge in [-0.15, -0.1) is 0 Å². The summed E-state index contributed by atoms with van der Waals surface area (Å²) < 4.78 is 5.64. The number of hydrogen-bond acceptors (Lipinski definition) is 4. The molecule has 0 radical (unpaired) electrons. The van der Waals surface area contributed by atoms with Gasteiger partial charge < -0.3 is 15.8 Å². The van der Waals surface area contributed by atoms with Crippen LogP contribution in [0.3, 0.4) is 0 Å². The first-order chi connectivity index (χ1) is 9.02. The van der Waals surface area contributed by atoms with Gasteiger partial charge in [0.25, 0.3) is 0 Å². The van der Waals surface area contributed by atoms with Gasteiger partial charge in [-0.1, -0.05) is 6.07 Å². The molecule has 0 aliphatic carbocycles. The molecular formula is C14H21N3O2. The Morgan fingerprint density at radius 2 is 2.11 bits per heavy atom. The molecule has 1 aliphatic rings. The molecule has 2 rings (SSSR count). The summed E-state index contributed by atoms with van der Waals surface area (Å²) in [5.41, 5.74) is 7.06. The van der Waals surface area contributed by atoms with Gasteiger partial charge in [-0.05, 0) is 32.0 Å². The van der Waals surface area contributed by atoms with Crippen molar-refractivity contribution in [3.8, 4) is 0 Å². The largest absolute Gasteiger partial charge is 0.399 e. The van der Waals surface area contributed by atoms with Crippen LogP contribution in [0.2, 0.25) is 0 Å². The van der Waals surface area contributed by atoms with E-state index >= 15 is 0 Å². The van der Waals surface area contributed by atoms with Crippen LogP contribution in [0.25, 0.3) is 0 Å². The van der Waals surface area contributed by atoms with Crippen molar-refractivity contribution in [2.45, 2.75) is 26.1 Å². The van der Waals surface area contributed by atoms with E-state index in [0.717, 1.165) is 18.8 Å². The number of anilines is 2. The van der Waals surface area contributed by atoms with Crippen molar-refractivity contribution in [2.24, 2.45) is 0 Å². The highest BCUT2D eigenvalue weighted by atomic mass is 16.5. The minimum Gasteiger partial charge on any atom is -0.399 e. The molecule has 1 saturated heterocycles. The Bertz CT molecular complexity index is 440. The molecule has 1 fully saturated rings. The van der Waals surface area contributed by atoms with Crippen LogP contribution in [-0.4, -0.2) is 42.6 Å². The molecule has 0 spiro atoms. The zero-order chi connectivity index (χ0) is 13.8. The third-order valence-electron chi connectivity index (χ3n) is 3.03. The molecular weight excluding hydrogens is 242 g/mol. The second kappa shape index (κ2) is 6.04. The molecule has 19 heavy (non-hydrogen) atoms. The molecule has 1 aliphatic heterocycles. The maximum absolute atomic E-state index is 12.0. The Morgan fingerprint density at radius 1 is 1.42 bits per heavy atom. The molecule has 5 heteroatoms. The highest BCUT2D eigenvalue weighted by Crippen LogP contribution is 2.13. The van der Waals surface area contributed by atoms with Crippen LogP contribution in [0.4, 0.5) is 11.4 Å². The van der Waals surface area contributed by atoms with Crippen molar-refractivity contribution < 1.29 is 9.53 Å². The lowest BCUT2D eigenvalue weighted by Gasteiger charge is -2.34. The topological polar surface area (TPSA) is 67.6 Å². The van der Waals surface area contributed by atoms with Crippen molar-refractivity contribution in [3.63, 3.8) is 0 Å². The van der Waals surface area contributed by atoms with Gasteiger partial charge in [-0.25, -0.2) is 0 Å². The molecule has 5 nitrogen and oxygen atoms in total. The Balaban J connectivity index is 1.87. The monoisotopic (exact) mass is 263 g/mol. The van der Waals surface area contributed by atoms with Crippen LogP contribution >= 0.6 is 0 Å². The quantitative estimate of drug-likeness (QED) is 0.807. The number of amides is 1. The molecule has 1 aromatic carbocycles. The van der Waals surface area contributed by atoms with E-state index in [9.17, 15) is 4.79 Å². The van der Waals surface area contributed by atoms with Gasteiger partial charge in [0.1, 0.15) is 0 Å². The zero-order valence-corrected chi connectivity index (χ0v) is 11.4. The van der Waals surface area contributed by atoms with Gasteiger partial charge in [-0.3, -0.25) is 9.69 Å². The Kier molecular flexibility index (Phi) is 4.39. The van der Waals surface area contributed by atoms with Gasteiger partial charge in [0, 0.05) is 24.5 Å². The summed E-state index contributed by atoms with van der Waals surface area (Å²) in [5, 5.41) is 2.86. The predicted octanol–water partition coefficient (Wildman–Crippen LogP) is 1.32. The van der Waals surface area contributed by atoms with Gasteiger partial charge in [0.05, 0.1) is 18.8 Å². The van der Waals surface area contributed by atoms with Gasteiger partial charge in [-0.2, -0.15) is 0 Å². The first-order valence-electron chi connectivity index (χ1n) is 6.56. The maximum atomic E-state index is 12.0. The Labute approximate surface area is 113 Å². The maximum Gasteiger partial charge on any atom is 0.238 e. The highest BCUT2D eigenvalue weighted by Gasteiger charge is 2.23. The van der Waals surface area contributed by atoms with Gasteiger partial charge in [0.2, 0.25) is 5.91 Å². The molecule has 0 saturated carbocycles. The van der Waals surface area contributed by atoms with E-state index in [1.54, 1.807) is 12.1 Å². The van der Waals surface area contributed by atoms with Gasteiger partial charge >= 0.3 is 0 Å². The number of ether oxygens (including phenoxy) is 1. The van der Waals surface area contributed by atoms with Crippen molar-refractivity contribution in [1.29, 1.82) is 0 Å². The van der Waals surface area contributed by atoms with Crippen molar-refractivity contribution >= 4 is 17.3 Å². The predicted molar refractivity (Wildman–Crippen MR) is 75.9 cm³/mol. The average molecular weight is 263 g/mol. The number of carbonyl (C=O) groups excluding carboxylic acids is 1. The smallest absolute Gasteiger partial charge is 0.238 e. The molecule has 104 valence electrons. The van der Waals surface area contributed by atoms with Crippen molar-refractivity contribution in [1.82, 2.24) is 4.90 Å². The fourth-order valence-electron chi connectivity index (χ4n) is 2.43. The molecule has 1 amide bonds. The number of carbonyl (C=O) groups is 1. The van der Waals surface area contributed by atoms with Crippen molar-refractivity contribution in [2.75, 3.05) is 30.7 Å². The van der Waals surface area contributed by atoms with E-state index in [-0.39, 0.29) is 18.1 Å². The number of nitrogens with two attached hydrogens (primary N) is 1. The summed E-state index contributed by atoms with van der Waals surface area (Å²) in [6.07, 6.45) is 0.341. The second-order valence-electron chi connectivity index (χ2n) is 5.13. The zero-order valence-electron chi connectivity index (χ0n) is 11.4. The van der Waals surface area contributed by atoms with Gasteiger partial charge in [0.15, 0.2) is 0 Å². The molecule has 3 N–H and O–H groups in total. The lowest BCUT2D eigenvalue weighted by atomic mass is 10.2. The third kappa shape index (κ3) is 4.22. The summed E-state index contributed by atoms with van der Waals surface area (Å²) in [4.78, 5) is 14.1. The summed E-state index contributed by atoms with van der Waals surface area (Å²) >= 11 is 0. The summed E-state index contributed by atoms with van der Waals surface area (Å²) in [7, 11) is 0. The first-order valence-corrected chi connectivity index (χ1v) is 6.56. The fourth-order valence-corrected chi connectivity index (χ4v) is 2.43. The molecule has 0 aromatic heterocycles. The number of benzene rings is 1. The highest BCUT2D eigenvalue weighted by molar-refractivity contribution is 5.92. The number of rotatable bonds is 3. The van der Waals surface area contributed by atoms with E-state index < -0.39 is 0 Å². The minimum atomic E-state index is -0.0214. The van der Waals surface area contributed by atoms with E-state index in [2.05, 4.69) is 10.2 Å². The van der Waals surface area contributed by atoms with E-state index in [1.807, 2.05) is 26.0 Å². The lowest BCUT2D eigenvalue weighted by Crippen LogP contribution is -2.48. The third-order valence-corrected chi connectivity index (χ3v) is 3.03. The van der Waals surface area contributed by atoms with E-state index in [1.165, 1.54) is 0 Å². The van der Waals surface area contributed by atoms with Crippen LogP contribution in [0, 0.1) is 0 Å². The molecule has 1 aromatic rings. The van der Waals surface area contributed by atoms with E-state index in [4.69, 9.17) is 10.5 Å². The van der Waals surface area contributed by atoms with E-state index in [0.29, 0.717) is 12.2 Å². The fraction of sp³-hybridized carbons (Fsp3) is 0.500. The number of nitrogen functional groups attached to an aromatic ring is 1. The Hall–Kier alpha value is -1.59.